The van der Waals surface area contributed by atoms with E-state index in [1.165, 1.54) is 5.56 Å². The van der Waals surface area contributed by atoms with Gasteiger partial charge >= 0.3 is 0 Å². The van der Waals surface area contributed by atoms with E-state index in [2.05, 4.69) is 16.4 Å². The molecule has 0 aliphatic carbocycles. The van der Waals surface area contributed by atoms with Crippen LogP contribution in [-0.2, 0) is 12.8 Å². The molecule has 0 aliphatic rings. The molecule has 1 unspecified atom stereocenters. The van der Waals surface area contributed by atoms with Gasteiger partial charge in [0.1, 0.15) is 0 Å². The van der Waals surface area contributed by atoms with Gasteiger partial charge in [0.25, 0.3) is 0 Å². The van der Waals surface area contributed by atoms with E-state index in [1.807, 2.05) is 31.4 Å². The highest BCUT2D eigenvalue weighted by atomic mass is 16.3. The average Bonchev–Trinajstić information content (AvgIpc) is 2.82. The van der Waals surface area contributed by atoms with Crippen LogP contribution in [0, 0.1) is 0 Å². The smallest absolute Gasteiger partial charge is 0.0935 e. The molecule has 0 amide bonds. The summed E-state index contributed by atoms with van der Waals surface area (Å²) in [7, 11) is 1.98. The SMILES string of the molecule is CNC(Cc1ccoc1)Cc1ccccn1. The molecule has 0 radical (unpaired) electrons. The van der Waals surface area contributed by atoms with E-state index in [1.54, 1.807) is 12.5 Å². The second-order valence-corrected chi connectivity index (χ2v) is 3.85. The molecule has 2 rings (SSSR count). The second-order valence-electron chi connectivity index (χ2n) is 3.85. The average molecular weight is 216 g/mol. The van der Waals surface area contributed by atoms with E-state index in [-0.39, 0.29) is 0 Å². The minimum atomic E-state index is 0.396. The van der Waals surface area contributed by atoms with Crippen molar-refractivity contribution in [1.29, 1.82) is 0 Å². The largest absolute Gasteiger partial charge is 0.472 e. The molecule has 3 nitrogen and oxygen atoms in total. The third-order valence-electron chi connectivity index (χ3n) is 2.65. The van der Waals surface area contributed by atoms with E-state index in [0.717, 1.165) is 18.5 Å². The van der Waals surface area contributed by atoms with Gasteiger partial charge in [-0.1, -0.05) is 6.07 Å². The molecule has 1 N–H and O–H groups in total. The van der Waals surface area contributed by atoms with Crippen LogP contribution in [0.15, 0.2) is 47.4 Å². The molecule has 0 saturated heterocycles. The van der Waals surface area contributed by atoms with E-state index >= 15 is 0 Å². The lowest BCUT2D eigenvalue weighted by Crippen LogP contribution is -2.30. The standard InChI is InChI=1S/C13H16N2O/c1-14-13(8-11-5-7-16-10-11)9-12-4-2-3-6-15-12/h2-7,10,13-14H,8-9H2,1H3. The first kappa shape index (κ1) is 10.9. The molecule has 0 bridgehead atoms. The molecule has 0 saturated carbocycles. The lowest BCUT2D eigenvalue weighted by Gasteiger charge is -2.14. The summed E-state index contributed by atoms with van der Waals surface area (Å²) in [5.41, 5.74) is 2.33. The summed E-state index contributed by atoms with van der Waals surface area (Å²) >= 11 is 0. The molecule has 16 heavy (non-hydrogen) atoms. The first-order chi connectivity index (χ1) is 7.88. The zero-order valence-corrected chi connectivity index (χ0v) is 9.39. The summed E-state index contributed by atoms with van der Waals surface area (Å²) in [6.45, 7) is 0. The molecule has 84 valence electrons. The molecular formula is C13H16N2O. The summed E-state index contributed by atoms with van der Waals surface area (Å²) in [6.07, 6.45) is 7.23. The highest BCUT2D eigenvalue weighted by molar-refractivity contribution is 5.10. The minimum Gasteiger partial charge on any atom is -0.472 e. The molecule has 0 aromatic carbocycles. The van der Waals surface area contributed by atoms with Crippen molar-refractivity contribution >= 4 is 0 Å². The Kier molecular flexibility index (Phi) is 3.72. The van der Waals surface area contributed by atoms with Crippen LogP contribution in [0.2, 0.25) is 0 Å². The topological polar surface area (TPSA) is 38.1 Å². The number of furan rings is 1. The minimum absolute atomic E-state index is 0.396. The Bertz CT molecular complexity index is 397. The van der Waals surface area contributed by atoms with Gasteiger partial charge in [-0.2, -0.15) is 0 Å². The summed E-state index contributed by atoms with van der Waals surface area (Å²) in [5, 5.41) is 3.31. The van der Waals surface area contributed by atoms with Crippen molar-refractivity contribution in [1.82, 2.24) is 10.3 Å². The van der Waals surface area contributed by atoms with Gasteiger partial charge in [0.05, 0.1) is 12.5 Å². The molecular weight excluding hydrogens is 200 g/mol. The van der Waals surface area contributed by atoms with Crippen LogP contribution < -0.4 is 5.32 Å². The van der Waals surface area contributed by atoms with Crippen molar-refractivity contribution in [2.45, 2.75) is 18.9 Å². The van der Waals surface area contributed by atoms with Gasteiger partial charge in [0.2, 0.25) is 0 Å². The number of aromatic nitrogens is 1. The van der Waals surface area contributed by atoms with Crippen molar-refractivity contribution in [3.8, 4) is 0 Å². The third-order valence-corrected chi connectivity index (χ3v) is 2.65. The third kappa shape index (κ3) is 2.94. The summed E-state index contributed by atoms with van der Waals surface area (Å²) in [5.74, 6) is 0. The van der Waals surface area contributed by atoms with Gasteiger partial charge in [0, 0.05) is 24.4 Å². The first-order valence-electron chi connectivity index (χ1n) is 5.46. The number of hydrogen-bond acceptors (Lipinski definition) is 3. The molecule has 0 fully saturated rings. The predicted molar refractivity (Wildman–Crippen MR) is 63.2 cm³/mol. The first-order valence-corrected chi connectivity index (χ1v) is 5.46. The van der Waals surface area contributed by atoms with Crippen LogP contribution >= 0.6 is 0 Å². The molecule has 2 aromatic heterocycles. The van der Waals surface area contributed by atoms with Gasteiger partial charge in [0.15, 0.2) is 0 Å². The Hall–Kier alpha value is -1.61. The Morgan fingerprint density at radius 3 is 2.88 bits per heavy atom. The second kappa shape index (κ2) is 5.47. The Morgan fingerprint density at radius 1 is 1.31 bits per heavy atom. The summed E-state index contributed by atoms with van der Waals surface area (Å²) in [4.78, 5) is 4.33. The van der Waals surface area contributed by atoms with Crippen LogP contribution in [0.5, 0.6) is 0 Å². The fourth-order valence-electron chi connectivity index (χ4n) is 1.74. The maximum absolute atomic E-state index is 5.07. The van der Waals surface area contributed by atoms with E-state index in [4.69, 9.17) is 4.42 Å². The molecule has 2 heterocycles. The molecule has 1 atom stereocenters. The predicted octanol–water partition coefficient (Wildman–Crippen LogP) is 2.05. The van der Waals surface area contributed by atoms with Crippen LogP contribution in [0.1, 0.15) is 11.3 Å². The highest BCUT2D eigenvalue weighted by Gasteiger charge is 2.09. The number of pyridine rings is 1. The fourth-order valence-corrected chi connectivity index (χ4v) is 1.74. The normalized spacial score (nSPS) is 12.6. The van der Waals surface area contributed by atoms with Gasteiger partial charge in [-0.25, -0.2) is 0 Å². The quantitative estimate of drug-likeness (QED) is 0.831. The van der Waals surface area contributed by atoms with Gasteiger partial charge in [-0.15, -0.1) is 0 Å². The maximum atomic E-state index is 5.07. The van der Waals surface area contributed by atoms with Crippen molar-refractivity contribution < 1.29 is 4.42 Å². The Labute approximate surface area is 95.5 Å². The zero-order chi connectivity index (χ0) is 11.2. The van der Waals surface area contributed by atoms with Crippen molar-refractivity contribution in [2.24, 2.45) is 0 Å². The van der Waals surface area contributed by atoms with Gasteiger partial charge < -0.3 is 9.73 Å². The van der Waals surface area contributed by atoms with E-state index in [0.29, 0.717) is 6.04 Å². The van der Waals surface area contributed by atoms with Crippen molar-refractivity contribution in [2.75, 3.05) is 7.05 Å². The number of likely N-dealkylation sites (N-methyl/N-ethyl adjacent to an activating group) is 1. The molecule has 3 heteroatoms. The van der Waals surface area contributed by atoms with Gasteiger partial charge in [-0.3, -0.25) is 4.98 Å². The van der Waals surface area contributed by atoms with Crippen LogP contribution in [0.3, 0.4) is 0 Å². The van der Waals surface area contributed by atoms with Gasteiger partial charge in [-0.05, 0) is 37.2 Å². The van der Waals surface area contributed by atoms with Crippen LogP contribution in [0.4, 0.5) is 0 Å². The van der Waals surface area contributed by atoms with Crippen molar-refractivity contribution in [3.05, 3.63) is 54.2 Å². The maximum Gasteiger partial charge on any atom is 0.0935 e. The zero-order valence-electron chi connectivity index (χ0n) is 9.39. The lowest BCUT2D eigenvalue weighted by atomic mass is 10.0. The number of nitrogens with one attached hydrogen (secondary N) is 1. The molecule has 0 aliphatic heterocycles. The molecule has 2 aromatic rings. The lowest BCUT2D eigenvalue weighted by molar-refractivity contribution is 0.535. The van der Waals surface area contributed by atoms with E-state index < -0.39 is 0 Å². The Balaban J connectivity index is 1.96. The highest BCUT2D eigenvalue weighted by Crippen LogP contribution is 2.07. The number of nitrogens with zero attached hydrogens (tertiary/aromatic N) is 1. The fraction of sp³-hybridized carbons (Fsp3) is 0.308. The van der Waals surface area contributed by atoms with Crippen LogP contribution in [-0.4, -0.2) is 18.1 Å². The van der Waals surface area contributed by atoms with E-state index in [9.17, 15) is 0 Å². The van der Waals surface area contributed by atoms with Crippen molar-refractivity contribution in [3.63, 3.8) is 0 Å². The molecule has 0 spiro atoms. The Morgan fingerprint density at radius 2 is 2.25 bits per heavy atom. The summed E-state index contributed by atoms with van der Waals surface area (Å²) in [6, 6.07) is 8.41. The monoisotopic (exact) mass is 216 g/mol. The van der Waals surface area contributed by atoms with Crippen LogP contribution in [0.25, 0.3) is 0 Å². The number of rotatable bonds is 5. The number of hydrogen-bond donors (Lipinski definition) is 1. The summed E-state index contributed by atoms with van der Waals surface area (Å²) < 4.78 is 5.07.